The number of rotatable bonds is 5. The Labute approximate surface area is 155 Å². The molecule has 2 aromatic carbocycles. The van der Waals surface area contributed by atoms with E-state index in [2.05, 4.69) is 0 Å². The van der Waals surface area contributed by atoms with Crippen LogP contribution in [-0.4, -0.2) is 8.42 Å². The molecule has 1 aliphatic rings. The van der Waals surface area contributed by atoms with Crippen LogP contribution in [0.3, 0.4) is 0 Å². The fraction of sp³-hybridized carbons (Fsp3) is 0.333. The Balaban J connectivity index is 1.94. The second kappa shape index (κ2) is 8.24. The van der Waals surface area contributed by atoms with E-state index < -0.39 is 9.84 Å². The van der Waals surface area contributed by atoms with Crippen molar-refractivity contribution >= 4 is 21.6 Å². The lowest BCUT2D eigenvalue weighted by Crippen LogP contribution is -2.09. The lowest BCUT2D eigenvalue weighted by Gasteiger charge is -2.24. The van der Waals surface area contributed by atoms with Gasteiger partial charge in [-0.1, -0.05) is 66.9 Å². The summed E-state index contributed by atoms with van der Waals surface area (Å²) in [5, 5.41) is 1.52. The molecule has 1 aliphatic carbocycles. The minimum Gasteiger partial charge on any atom is -0.219 e. The van der Waals surface area contributed by atoms with Crippen LogP contribution in [0.4, 0.5) is 0 Å². The third-order valence-electron chi connectivity index (χ3n) is 4.61. The largest absolute Gasteiger partial charge is 0.219 e. The minimum absolute atomic E-state index is 0.346. The Morgan fingerprint density at radius 3 is 2.24 bits per heavy atom. The highest BCUT2D eigenvalue weighted by Crippen LogP contribution is 2.40. The molecular weight excluding hydrogens is 348 g/mol. The van der Waals surface area contributed by atoms with Crippen LogP contribution < -0.4 is 0 Å². The molecule has 0 N–H and O–H groups in total. The molecule has 2 aromatic rings. The molecule has 0 unspecified atom stereocenters. The van der Waals surface area contributed by atoms with Crippen molar-refractivity contribution in [3.8, 4) is 0 Å². The molecule has 0 aliphatic heterocycles. The van der Waals surface area contributed by atoms with Gasteiger partial charge in [0.25, 0.3) is 0 Å². The van der Waals surface area contributed by atoms with Crippen LogP contribution in [0.1, 0.15) is 37.7 Å². The fourth-order valence-electron chi connectivity index (χ4n) is 3.16. The zero-order valence-corrected chi connectivity index (χ0v) is 16.2. The maximum absolute atomic E-state index is 12.9. The number of hydrogen-bond acceptors (Lipinski definition) is 3. The summed E-state index contributed by atoms with van der Waals surface area (Å²) in [5.41, 5.74) is 1.06. The molecule has 0 atom stereocenters. The van der Waals surface area contributed by atoms with E-state index in [9.17, 15) is 8.42 Å². The predicted molar refractivity (Wildman–Crippen MR) is 105 cm³/mol. The minimum atomic E-state index is -3.43. The molecular formula is C21H24O2S2. The van der Waals surface area contributed by atoms with E-state index in [0.29, 0.717) is 10.8 Å². The fourth-order valence-corrected chi connectivity index (χ4v) is 5.85. The normalized spacial score (nSPS) is 16.8. The first kappa shape index (κ1) is 18.3. The SMILES string of the molecule is Cc1ccc(S(=O)(=O)/C=C(/Sc2ccccc2)C2CCCCC2)cc1. The first-order valence-corrected chi connectivity index (χ1v) is 11.2. The molecule has 132 valence electrons. The van der Waals surface area contributed by atoms with Gasteiger partial charge in [0.05, 0.1) is 4.90 Å². The topological polar surface area (TPSA) is 34.1 Å². The van der Waals surface area contributed by atoms with E-state index in [-0.39, 0.29) is 0 Å². The Bertz CT molecular complexity index is 816. The molecule has 0 aromatic heterocycles. The van der Waals surface area contributed by atoms with Crippen LogP contribution in [0, 0.1) is 12.8 Å². The van der Waals surface area contributed by atoms with Gasteiger partial charge in [-0.05, 0) is 49.9 Å². The highest BCUT2D eigenvalue weighted by Gasteiger charge is 2.22. The van der Waals surface area contributed by atoms with Crippen LogP contribution in [0.15, 0.2) is 74.7 Å². The van der Waals surface area contributed by atoms with Gasteiger partial charge >= 0.3 is 0 Å². The predicted octanol–water partition coefficient (Wildman–Crippen LogP) is 5.98. The van der Waals surface area contributed by atoms with E-state index in [1.54, 1.807) is 23.9 Å². The quantitative estimate of drug-likeness (QED) is 0.605. The average Bonchev–Trinajstić information content (AvgIpc) is 2.63. The summed E-state index contributed by atoms with van der Waals surface area (Å²) in [4.78, 5) is 2.45. The van der Waals surface area contributed by atoms with Crippen LogP contribution >= 0.6 is 11.8 Å². The lowest BCUT2D eigenvalue weighted by molar-refractivity contribution is 0.415. The molecule has 0 heterocycles. The van der Waals surface area contributed by atoms with Crippen molar-refractivity contribution in [1.29, 1.82) is 0 Å². The molecule has 1 saturated carbocycles. The van der Waals surface area contributed by atoms with E-state index in [1.807, 2.05) is 49.4 Å². The number of sulfone groups is 1. The molecule has 3 rings (SSSR count). The zero-order chi connectivity index (χ0) is 17.7. The smallest absolute Gasteiger partial charge is 0.200 e. The maximum Gasteiger partial charge on any atom is 0.200 e. The van der Waals surface area contributed by atoms with Gasteiger partial charge in [0.1, 0.15) is 0 Å². The number of benzene rings is 2. The number of allylic oxidation sites excluding steroid dienone is 1. The lowest BCUT2D eigenvalue weighted by atomic mass is 9.89. The van der Waals surface area contributed by atoms with Crippen molar-refractivity contribution in [1.82, 2.24) is 0 Å². The average molecular weight is 373 g/mol. The highest BCUT2D eigenvalue weighted by atomic mass is 32.2. The van der Waals surface area contributed by atoms with Crippen molar-refractivity contribution in [2.24, 2.45) is 5.92 Å². The molecule has 1 fully saturated rings. The van der Waals surface area contributed by atoms with Crippen molar-refractivity contribution in [2.75, 3.05) is 0 Å². The van der Waals surface area contributed by atoms with Crippen molar-refractivity contribution in [2.45, 2.75) is 48.8 Å². The number of aryl methyl sites for hydroxylation is 1. The molecule has 0 saturated heterocycles. The summed E-state index contributed by atoms with van der Waals surface area (Å²) in [6.07, 6.45) is 5.78. The molecule has 0 radical (unpaired) electrons. The Morgan fingerprint density at radius 1 is 0.960 bits per heavy atom. The Hall–Kier alpha value is -1.52. The standard InChI is InChI=1S/C21H24O2S2/c1-17-12-14-20(15-13-17)25(22,23)16-21(18-8-4-2-5-9-18)24-19-10-6-3-7-11-19/h3,6-7,10-16,18H,2,4-5,8-9H2,1H3/b21-16+. The summed E-state index contributed by atoms with van der Waals surface area (Å²) in [7, 11) is -3.43. The molecule has 0 amide bonds. The second-order valence-corrected chi connectivity index (χ2v) is 9.57. The van der Waals surface area contributed by atoms with Crippen LogP contribution in [0.25, 0.3) is 0 Å². The molecule has 0 bridgehead atoms. The van der Waals surface area contributed by atoms with Gasteiger partial charge in [-0.3, -0.25) is 0 Å². The molecule has 25 heavy (non-hydrogen) atoms. The third kappa shape index (κ3) is 4.99. The Kier molecular flexibility index (Phi) is 6.02. The van der Waals surface area contributed by atoms with Gasteiger partial charge in [-0.15, -0.1) is 0 Å². The third-order valence-corrected chi connectivity index (χ3v) is 7.44. The first-order valence-electron chi connectivity index (χ1n) is 8.81. The number of thioether (sulfide) groups is 1. The summed E-state index contributed by atoms with van der Waals surface area (Å²) in [5.74, 6) is 0.346. The van der Waals surface area contributed by atoms with E-state index in [0.717, 1.165) is 28.2 Å². The highest BCUT2D eigenvalue weighted by molar-refractivity contribution is 8.04. The van der Waals surface area contributed by atoms with Gasteiger partial charge in [-0.2, -0.15) is 0 Å². The van der Waals surface area contributed by atoms with Gasteiger partial charge < -0.3 is 0 Å². The van der Waals surface area contributed by atoms with E-state index in [1.165, 1.54) is 24.7 Å². The summed E-state index contributed by atoms with van der Waals surface area (Å²) >= 11 is 1.60. The van der Waals surface area contributed by atoms with Gasteiger partial charge in [0.15, 0.2) is 0 Å². The Morgan fingerprint density at radius 2 is 1.60 bits per heavy atom. The zero-order valence-electron chi connectivity index (χ0n) is 14.5. The second-order valence-electron chi connectivity index (χ2n) is 6.63. The monoisotopic (exact) mass is 372 g/mol. The molecule has 0 spiro atoms. The number of hydrogen-bond donors (Lipinski definition) is 0. The van der Waals surface area contributed by atoms with Crippen molar-refractivity contribution < 1.29 is 8.42 Å². The summed E-state index contributed by atoms with van der Waals surface area (Å²) in [6, 6.07) is 17.2. The van der Waals surface area contributed by atoms with E-state index in [4.69, 9.17) is 0 Å². The summed E-state index contributed by atoms with van der Waals surface area (Å²) in [6.45, 7) is 1.96. The van der Waals surface area contributed by atoms with Crippen LogP contribution in [-0.2, 0) is 9.84 Å². The van der Waals surface area contributed by atoms with Gasteiger partial charge in [-0.25, -0.2) is 8.42 Å². The van der Waals surface area contributed by atoms with Crippen molar-refractivity contribution in [3.63, 3.8) is 0 Å². The summed E-state index contributed by atoms with van der Waals surface area (Å²) < 4.78 is 25.8. The van der Waals surface area contributed by atoms with Crippen LogP contribution in [0.5, 0.6) is 0 Å². The first-order chi connectivity index (χ1) is 12.0. The van der Waals surface area contributed by atoms with E-state index >= 15 is 0 Å². The van der Waals surface area contributed by atoms with Gasteiger partial charge in [0.2, 0.25) is 9.84 Å². The molecule has 2 nitrogen and oxygen atoms in total. The molecule has 4 heteroatoms. The maximum atomic E-state index is 12.9. The van der Waals surface area contributed by atoms with Gasteiger partial charge in [0, 0.05) is 15.2 Å². The van der Waals surface area contributed by atoms with Crippen molar-refractivity contribution in [3.05, 3.63) is 70.5 Å². The van der Waals surface area contributed by atoms with Crippen LogP contribution in [0.2, 0.25) is 0 Å².